The fourth-order valence-electron chi connectivity index (χ4n) is 1.94. The van der Waals surface area contributed by atoms with Crippen LogP contribution in [0.1, 0.15) is 12.7 Å². The number of para-hydroxylation sites is 2. The number of hydrogen-bond acceptors (Lipinski definition) is 2. The molecule has 20 heavy (non-hydrogen) atoms. The van der Waals surface area contributed by atoms with Crippen LogP contribution in [-0.2, 0) is 7.05 Å². The van der Waals surface area contributed by atoms with Crippen LogP contribution in [0.25, 0.3) is 11.0 Å². The van der Waals surface area contributed by atoms with Crippen molar-refractivity contribution >= 4 is 17.2 Å². The second-order valence-corrected chi connectivity index (χ2v) is 4.45. The van der Waals surface area contributed by atoms with E-state index in [9.17, 15) is 0 Å². The molecule has 0 N–H and O–H groups in total. The molecule has 0 aliphatic rings. The Labute approximate surface area is 119 Å². The van der Waals surface area contributed by atoms with Gasteiger partial charge in [0, 0.05) is 7.05 Å². The van der Waals surface area contributed by atoms with E-state index in [1.54, 1.807) is 6.08 Å². The van der Waals surface area contributed by atoms with Gasteiger partial charge in [-0.2, -0.15) is 0 Å². The second-order valence-electron chi connectivity index (χ2n) is 4.45. The van der Waals surface area contributed by atoms with Crippen LogP contribution in [0.5, 0.6) is 0 Å². The van der Waals surface area contributed by atoms with Gasteiger partial charge in [-0.25, -0.2) is 4.98 Å². The molecule has 2 aromatic rings. The molecule has 0 spiro atoms. The Morgan fingerprint density at radius 3 is 2.90 bits per heavy atom. The van der Waals surface area contributed by atoms with E-state index in [1.165, 1.54) is 0 Å². The number of fused-ring (bicyclic) bond motifs is 1. The summed E-state index contributed by atoms with van der Waals surface area (Å²) in [5, 5.41) is 0. The van der Waals surface area contributed by atoms with Crippen LogP contribution in [0.2, 0.25) is 0 Å². The first-order valence-electron chi connectivity index (χ1n) is 6.62. The van der Waals surface area contributed by atoms with E-state index in [2.05, 4.69) is 22.6 Å². The topological polar surface area (TPSA) is 30.2 Å². The summed E-state index contributed by atoms with van der Waals surface area (Å²) < 4.78 is 2.05. The summed E-state index contributed by atoms with van der Waals surface area (Å²) >= 11 is 0. The summed E-state index contributed by atoms with van der Waals surface area (Å²) in [7, 11) is 2.00. The molecule has 0 amide bonds. The Bertz CT molecular complexity index is 687. The molecule has 0 aliphatic heterocycles. The largest absolute Gasteiger partial charge is 0.326 e. The highest BCUT2D eigenvalue weighted by atomic mass is 15.1. The van der Waals surface area contributed by atoms with E-state index in [-0.39, 0.29) is 0 Å². The summed E-state index contributed by atoms with van der Waals surface area (Å²) in [6, 6.07) is 8.08. The lowest BCUT2D eigenvalue weighted by Gasteiger charge is -1.97. The minimum Gasteiger partial charge on any atom is -0.326 e. The lowest BCUT2D eigenvalue weighted by Crippen LogP contribution is -1.97. The molecule has 0 atom stereocenters. The molecule has 0 fully saturated rings. The van der Waals surface area contributed by atoms with Crippen LogP contribution in [0.4, 0.5) is 0 Å². The zero-order valence-electron chi connectivity index (χ0n) is 12.0. The van der Waals surface area contributed by atoms with E-state index < -0.39 is 0 Å². The Morgan fingerprint density at radius 1 is 1.40 bits per heavy atom. The van der Waals surface area contributed by atoms with Crippen LogP contribution < -0.4 is 0 Å². The maximum Gasteiger partial charge on any atom is 0.151 e. The molecule has 3 heteroatoms. The monoisotopic (exact) mass is 265 g/mol. The van der Waals surface area contributed by atoms with E-state index in [4.69, 9.17) is 0 Å². The minimum atomic E-state index is 0.643. The third-order valence-corrected chi connectivity index (χ3v) is 3.12. The Kier molecular flexibility index (Phi) is 4.66. The number of rotatable bonds is 5. The lowest BCUT2D eigenvalue weighted by molar-refractivity contribution is 0.932. The van der Waals surface area contributed by atoms with Gasteiger partial charge in [-0.15, -0.1) is 0 Å². The van der Waals surface area contributed by atoms with Gasteiger partial charge in [0.05, 0.1) is 23.8 Å². The summed E-state index contributed by atoms with van der Waals surface area (Å²) in [6.07, 6.45) is 9.56. The third-order valence-electron chi connectivity index (χ3n) is 3.12. The highest BCUT2D eigenvalue weighted by molar-refractivity contribution is 5.84. The van der Waals surface area contributed by atoms with Crippen LogP contribution in [0, 0.1) is 0 Å². The Morgan fingerprint density at radius 2 is 2.20 bits per heavy atom. The molecule has 0 saturated heterocycles. The van der Waals surface area contributed by atoms with Gasteiger partial charge in [-0.05, 0) is 24.6 Å². The number of allylic oxidation sites excluding steroid dienone is 3. The van der Waals surface area contributed by atoms with Gasteiger partial charge in [0.25, 0.3) is 0 Å². The molecular weight excluding hydrogens is 246 g/mol. The average molecular weight is 265 g/mol. The molecule has 0 aliphatic carbocycles. The highest BCUT2D eigenvalue weighted by Gasteiger charge is 2.03. The van der Waals surface area contributed by atoms with Crippen LogP contribution in [0.3, 0.4) is 0 Å². The van der Waals surface area contributed by atoms with E-state index in [0.29, 0.717) is 6.54 Å². The molecule has 1 aromatic heterocycles. The number of aryl methyl sites for hydroxylation is 1. The first-order valence-corrected chi connectivity index (χ1v) is 6.62. The zero-order valence-corrected chi connectivity index (χ0v) is 12.0. The number of hydrogen-bond donors (Lipinski definition) is 0. The molecule has 0 radical (unpaired) electrons. The normalized spacial score (nSPS) is 12.8. The predicted octanol–water partition coefficient (Wildman–Crippen LogP) is 3.68. The van der Waals surface area contributed by atoms with Crippen molar-refractivity contribution in [1.29, 1.82) is 0 Å². The molecule has 2 rings (SSSR count). The molecule has 1 aromatic carbocycles. The van der Waals surface area contributed by atoms with Gasteiger partial charge in [0.1, 0.15) is 0 Å². The molecule has 0 unspecified atom stereocenters. The van der Waals surface area contributed by atoms with Gasteiger partial charge >= 0.3 is 0 Å². The highest BCUT2D eigenvalue weighted by Crippen LogP contribution is 2.12. The van der Waals surface area contributed by atoms with Crippen molar-refractivity contribution < 1.29 is 0 Å². The summed E-state index contributed by atoms with van der Waals surface area (Å²) in [5.41, 5.74) is 3.26. The standard InChI is InChI=1S/C17H19N3/c1-4-6-9-14(5-2)12-18-13-17-19-15-10-7-8-11-16(15)20(17)3/h4-11,13H,1,12H2,2-3H3/b9-6-,14-5+,18-13+. The predicted molar refractivity (Wildman–Crippen MR) is 86.3 cm³/mol. The van der Waals surface area contributed by atoms with Crippen molar-refractivity contribution in [3.63, 3.8) is 0 Å². The third kappa shape index (κ3) is 3.12. The van der Waals surface area contributed by atoms with E-state index in [0.717, 1.165) is 22.4 Å². The number of benzene rings is 1. The fraction of sp³-hybridized carbons (Fsp3) is 0.176. The maximum atomic E-state index is 4.56. The first-order chi connectivity index (χ1) is 9.76. The van der Waals surface area contributed by atoms with Crippen molar-refractivity contribution in [1.82, 2.24) is 9.55 Å². The lowest BCUT2D eigenvalue weighted by atomic mass is 10.2. The molecule has 0 bridgehead atoms. The van der Waals surface area contributed by atoms with Gasteiger partial charge < -0.3 is 4.57 Å². The van der Waals surface area contributed by atoms with Crippen molar-refractivity contribution in [2.75, 3.05) is 6.54 Å². The van der Waals surface area contributed by atoms with E-state index in [1.807, 2.05) is 61.2 Å². The fourth-order valence-corrected chi connectivity index (χ4v) is 1.94. The Hall–Kier alpha value is -2.42. The van der Waals surface area contributed by atoms with Crippen molar-refractivity contribution in [3.8, 4) is 0 Å². The number of imidazole rings is 1. The molecule has 3 nitrogen and oxygen atoms in total. The molecule has 1 heterocycles. The number of nitrogens with zero attached hydrogens (tertiary/aromatic N) is 3. The molecular formula is C17H19N3. The SMILES string of the molecule is C=C/C=C\C(=C/C)C/N=C/c1nc2ccccc2n1C. The average Bonchev–Trinajstić information content (AvgIpc) is 2.80. The van der Waals surface area contributed by atoms with Gasteiger partial charge in [-0.3, -0.25) is 4.99 Å². The Balaban J connectivity index is 2.15. The second kappa shape index (κ2) is 6.66. The number of aliphatic imine (C=N–C) groups is 1. The van der Waals surface area contributed by atoms with Crippen molar-refractivity contribution in [2.45, 2.75) is 6.92 Å². The smallest absolute Gasteiger partial charge is 0.151 e. The summed E-state index contributed by atoms with van der Waals surface area (Å²) in [6.45, 7) is 6.32. The van der Waals surface area contributed by atoms with Crippen LogP contribution >= 0.6 is 0 Å². The first kappa shape index (κ1) is 14.0. The number of aromatic nitrogens is 2. The molecule has 102 valence electrons. The van der Waals surface area contributed by atoms with Gasteiger partial charge in [0.15, 0.2) is 5.82 Å². The van der Waals surface area contributed by atoms with Crippen LogP contribution in [0.15, 0.2) is 65.7 Å². The maximum absolute atomic E-state index is 4.56. The summed E-state index contributed by atoms with van der Waals surface area (Å²) in [5.74, 6) is 0.870. The minimum absolute atomic E-state index is 0.643. The van der Waals surface area contributed by atoms with Crippen molar-refractivity contribution in [2.24, 2.45) is 12.0 Å². The van der Waals surface area contributed by atoms with E-state index >= 15 is 0 Å². The zero-order chi connectivity index (χ0) is 14.4. The van der Waals surface area contributed by atoms with Gasteiger partial charge in [0.2, 0.25) is 0 Å². The quantitative estimate of drug-likeness (QED) is 0.599. The van der Waals surface area contributed by atoms with Crippen molar-refractivity contribution in [3.05, 3.63) is 66.5 Å². The molecule has 0 saturated carbocycles. The van der Waals surface area contributed by atoms with Gasteiger partial charge in [-0.1, -0.05) is 43.0 Å². The summed E-state index contributed by atoms with van der Waals surface area (Å²) in [4.78, 5) is 9.02. The van der Waals surface area contributed by atoms with Crippen LogP contribution in [-0.4, -0.2) is 22.3 Å².